The Morgan fingerprint density at radius 1 is 1.12 bits per heavy atom. The van der Waals surface area contributed by atoms with Crippen LogP contribution in [0.15, 0.2) is 4.52 Å². The Bertz CT molecular complexity index is 681. The molecule has 2 aliphatic heterocycles. The van der Waals surface area contributed by atoms with E-state index in [9.17, 15) is 9.59 Å². The van der Waals surface area contributed by atoms with Crippen molar-refractivity contribution in [1.82, 2.24) is 15.0 Å². The monoisotopic (exact) mass is 361 g/mol. The van der Waals surface area contributed by atoms with Crippen LogP contribution in [0.2, 0.25) is 0 Å². The van der Waals surface area contributed by atoms with Crippen molar-refractivity contribution >= 4 is 11.8 Å². The van der Waals surface area contributed by atoms with Gasteiger partial charge in [0.25, 0.3) is 5.91 Å². The van der Waals surface area contributed by atoms with E-state index in [4.69, 9.17) is 4.52 Å². The van der Waals surface area contributed by atoms with Gasteiger partial charge < -0.3 is 14.3 Å². The summed E-state index contributed by atoms with van der Waals surface area (Å²) in [5.74, 6) is 1.20. The number of carbonyl (C=O) groups excluding carboxylic acids is 2. The highest BCUT2D eigenvalue weighted by atomic mass is 16.5. The van der Waals surface area contributed by atoms with Crippen molar-refractivity contribution in [3.8, 4) is 0 Å². The summed E-state index contributed by atoms with van der Waals surface area (Å²) in [6, 6.07) is -0.349. The smallest absolute Gasteiger partial charge is 0.260 e. The molecule has 1 unspecified atom stereocenters. The number of hydrogen-bond acceptors (Lipinski definition) is 4. The molecule has 3 heterocycles. The van der Waals surface area contributed by atoms with E-state index in [1.165, 1.54) is 0 Å². The molecular formula is C20H31N3O3. The Kier molecular flexibility index (Phi) is 5.13. The normalized spacial score (nSPS) is 22.1. The summed E-state index contributed by atoms with van der Waals surface area (Å²) in [6.45, 7) is 12.3. The first-order valence-corrected chi connectivity index (χ1v) is 9.76. The number of piperidine rings is 1. The topological polar surface area (TPSA) is 66.7 Å². The first-order valence-electron chi connectivity index (χ1n) is 9.76. The molecule has 2 amide bonds. The third-order valence-electron chi connectivity index (χ3n) is 5.68. The Balaban J connectivity index is 1.81. The molecule has 1 atom stereocenters. The van der Waals surface area contributed by atoms with Crippen molar-refractivity contribution < 1.29 is 14.1 Å². The number of carbonyl (C=O) groups is 2. The minimum atomic E-state index is -0.349. The van der Waals surface area contributed by atoms with Gasteiger partial charge >= 0.3 is 0 Å². The molecule has 2 aliphatic rings. The van der Waals surface area contributed by atoms with Gasteiger partial charge in [0.1, 0.15) is 23.1 Å². The molecule has 0 N–H and O–H groups in total. The summed E-state index contributed by atoms with van der Waals surface area (Å²) in [4.78, 5) is 30.0. The van der Waals surface area contributed by atoms with E-state index in [1.807, 2.05) is 25.7 Å². The molecule has 144 valence electrons. The maximum atomic E-state index is 13.3. The number of nitrogens with zero attached hydrogens (tertiary/aromatic N) is 3. The second-order valence-corrected chi connectivity index (χ2v) is 8.88. The first-order chi connectivity index (χ1) is 12.2. The van der Waals surface area contributed by atoms with Crippen molar-refractivity contribution in [2.75, 3.05) is 19.6 Å². The van der Waals surface area contributed by atoms with Crippen LogP contribution in [0.3, 0.4) is 0 Å². The molecule has 0 aliphatic carbocycles. The average Bonchev–Trinajstić information content (AvgIpc) is 3.20. The summed E-state index contributed by atoms with van der Waals surface area (Å²) in [5.41, 5.74) is 0.916. The second-order valence-electron chi connectivity index (χ2n) is 8.88. The minimum Gasteiger partial charge on any atom is -0.361 e. The van der Waals surface area contributed by atoms with Gasteiger partial charge in [0.05, 0.1) is 0 Å². The van der Waals surface area contributed by atoms with Gasteiger partial charge in [0.15, 0.2) is 0 Å². The van der Waals surface area contributed by atoms with Crippen molar-refractivity contribution in [3.63, 3.8) is 0 Å². The van der Waals surface area contributed by atoms with E-state index in [-0.39, 0.29) is 23.3 Å². The molecular weight excluding hydrogens is 330 g/mol. The van der Waals surface area contributed by atoms with E-state index in [0.717, 1.165) is 38.8 Å². The standard InChI is InChI=1S/C20H31N3O3/c1-13-8-11-22(12-9-13)18(24)15-7-6-10-23(15)19(25)16-14(2)26-21-17(16)20(3,4)5/h13,15H,6-12H2,1-5H3. The maximum absolute atomic E-state index is 13.3. The van der Waals surface area contributed by atoms with Crippen molar-refractivity contribution in [2.45, 2.75) is 71.8 Å². The van der Waals surface area contributed by atoms with Gasteiger partial charge in [-0.05, 0) is 38.5 Å². The fraction of sp³-hybridized carbons (Fsp3) is 0.750. The summed E-state index contributed by atoms with van der Waals surface area (Å²) in [7, 11) is 0. The van der Waals surface area contributed by atoms with Crippen molar-refractivity contribution in [2.24, 2.45) is 5.92 Å². The number of hydrogen-bond donors (Lipinski definition) is 0. The van der Waals surface area contributed by atoms with Crippen molar-refractivity contribution in [1.29, 1.82) is 0 Å². The quantitative estimate of drug-likeness (QED) is 0.812. The second kappa shape index (κ2) is 7.05. The summed E-state index contributed by atoms with van der Waals surface area (Å²) >= 11 is 0. The van der Waals surface area contributed by atoms with Crippen LogP contribution in [-0.2, 0) is 10.2 Å². The molecule has 6 heteroatoms. The third-order valence-corrected chi connectivity index (χ3v) is 5.68. The molecule has 6 nitrogen and oxygen atoms in total. The molecule has 0 aromatic carbocycles. The minimum absolute atomic E-state index is 0.106. The summed E-state index contributed by atoms with van der Waals surface area (Å²) in [6.07, 6.45) is 3.70. The Labute approximate surface area is 155 Å². The highest BCUT2D eigenvalue weighted by molar-refractivity contribution is 5.99. The third kappa shape index (κ3) is 3.51. The Hall–Kier alpha value is -1.85. The van der Waals surface area contributed by atoms with E-state index >= 15 is 0 Å². The molecule has 3 rings (SSSR count). The van der Waals surface area contributed by atoms with Gasteiger partial charge in [-0.3, -0.25) is 9.59 Å². The fourth-order valence-corrected chi connectivity index (χ4v) is 3.99. The molecule has 1 aromatic heterocycles. The van der Waals surface area contributed by atoms with Crippen LogP contribution in [0.25, 0.3) is 0 Å². The molecule has 0 radical (unpaired) electrons. The predicted molar refractivity (Wildman–Crippen MR) is 99.0 cm³/mol. The Morgan fingerprint density at radius 2 is 1.77 bits per heavy atom. The maximum Gasteiger partial charge on any atom is 0.260 e. The van der Waals surface area contributed by atoms with Crippen LogP contribution in [0.5, 0.6) is 0 Å². The molecule has 2 saturated heterocycles. The lowest BCUT2D eigenvalue weighted by atomic mass is 9.88. The van der Waals surface area contributed by atoms with Crippen LogP contribution in [0.1, 0.15) is 75.2 Å². The van der Waals surface area contributed by atoms with Crippen LogP contribution in [0, 0.1) is 12.8 Å². The molecule has 0 saturated carbocycles. The van der Waals surface area contributed by atoms with E-state index < -0.39 is 0 Å². The van der Waals surface area contributed by atoms with Crippen LogP contribution in [0.4, 0.5) is 0 Å². The lowest BCUT2D eigenvalue weighted by Crippen LogP contribution is -2.50. The highest BCUT2D eigenvalue weighted by Gasteiger charge is 2.40. The van der Waals surface area contributed by atoms with Crippen molar-refractivity contribution in [3.05, 3.63) is 17.0 Å². The number of likely N-dealkylation sites (tertiary alicyclic amines) is 2. The molecule has 0 spiro atoms. The number of aryl methyl sites for hydroxylation is 1. The number of aromatic nitrogens is 1. The van der Waals surface area contributed by atoms with Gasteiger partial charge in [0, 0.05) is 25.0 Å². The lowest BCUT2D eigenvalue weighted by Gasteiger charge is -2.34. The summed E-state index contributed by atoms with van der Waals surface area (Å²) in [5, 5.41) is 4.13. The zero-order chi connectivity index (χ0) is 19.1. The largest absolute Gasteiger partial charge is 0.361 e. The SMILES string of the molecule is Cc1onc(C(C)(C)C)c1C(=O)N1CCCC1C(=O)N1CCC(C)CC1. The number of amides is 2. The zero-order valence-corrected chi connectivity index (χ0v) is 16.7. The van der Waals surface area contributed by atoms with Gasteiger partial charge in [-0.1, -0.05) is 32.9 Å². The van der Waals surface area contributed by atoms with Crippen LogP contribution in [-0.4, -0.2) is 52.4 Å². The fourth-order valence-electron chi connectivity index (χ4n) is 3.99. The molecule has 0 bridgehead atoms. The zero-order valence-electron chi connectivity index (χ0n) is 16.7. The lowest BCUT2D eigenvalue weighted by molar-refractivity contribution is -0.136. The highest BCUT2D eigenvalue weighted by Crippen LogP contribution is 2.31. The van der Waals surface area contributed by atoms with E-state index in [2.05, 4.69) is 12.1 Å². The Morgan fingerprint density at radius 3 is 2.38 bits per heavy atom. The van der Waals surface area contributed by atoms with Gasteiger partial charge in [-0.2, -0.15) is 0 Å². The average molecular weight is 361 g/mol. The first kappa shape index (κ1) is 18.9. The number of rotatable bonds is 2. The summed E-state index contributed by atoms with van der Waals surface area (Å²) < 4.78 is 5.33. The van der Waals surface area contributed by atoms with E-state index in [1.54, 1.807) is 11.8 Å². The van der Waals surface area contributed by atoms with Gasteiger partial charge in [-0.15, -0.1) is 0 Å². The molecule has 26 heavy (non-hydrogen) atoms. The molecule has 1 aromatic rings. The predicted octanol–water partition coefficient (Wildman–Crippen LogP) is 3.14. The van der Waals surface area contributed by atoms with Crippen LogP contribution >= 0.6 is 0 Å². The van der Waals surface area contributed by atoms with Gasteiger partial charge in [0.2, 0.25) is 5.91 Å². The van der Waals surface area contributed by atoms with E-state index in [0.29, 0.717) is 29.5 Å². The van der Waals surface area contributed by atoms with Crippen LogP contribution < -0.4 is 0 Å². The van der Waals surface area contributed by atoms with Gasteiger partial charge in [-0.25, -0.2) is 0 Å². The molecule has 2 fully saturated rings.